The van der Waals surface area contributed by atoms with Crippen LogP contribution in [0.3, 0.4) is 0 Å². The van der Waals surface area contributed by atoms with Crippen molar-refractivity contribution in [3.63, 3.8) is 0 Å². The highest BCUT2D eigenvalue weighted by Crippen LogP contribution is 2.33. The summed E-state index contributed by atoms with van der Waals surface area (Å²) in [5.41, 5.74) is 8.26. The zero-order valence-electron chi connectivity index (χ0n) is 8.63. The van der Waals surface area contributed by atoms with Crippen molar-refractivity contribution in [1.29, 1.82) is 0 Å². The largest absolute Gasteiger partial charge is 0.327 e. The summed E-state index contributed by atoms with van der Waals surface area (Å²) in [7, 11) is 0. The Hall–Kier alpha value is -0.540. The molecule has 2 rings (SSSR count). The number of aryl methyl sites for hydroxylation is 1. The predicted octanol–water partition coefficient (Wildman–Crippen LogP) is 2.07. The van der Waals surface area contributed by atoms with Gasteiger partial charge in [0.1, 0.15) is 0 Å². The molecule has 1 aromatic heterocycles. The molecule has 3 nitrogen and oxygen atoms in total. The topological polar surface area (TPSA) is 43.8 Å². The lowest BCUT2D eigenvalue weighted by Crippen LogP contribution is -2.30. The van der Waals surface area contributed by atoms with Crippen LogP contribution in [0, 0.1) is 6.92 Å². The third-order valence-corrected chi connectivity index (χ3v) is 3.32. The molecule has 2 unspecified atom stereocenters. The molecule has 0 bridgehead atoms. The fourth-order valence-corrected chi connectivity index (χ4v) is 2.65. The van der Waals surface area contributed by atoms with Crippen molar-refractivity contribution in [2.75, 3.05) is 0 Å². The second kappa shape index (κ2) is 3.55. The number of hydrogen-bond donors (Lipinski definition) is 1. The normalized spacial score (nSPS) is 23.3. The molecule has 0 fully saturated rings. The van der Waals surface area contributed by atoms with Crippen LogP contribution in [0.15, 0.2) is 0 Å². The Kier molecular flexibility index (Phi) is 2.54. The lowest BCUT2D eigenvalue weighted by molar-refractivity contribution is 0.412. The minimum absolute atomic E-state index is 0.181. The van der Waals surface area contributed by atoms with Crippen LogP contribution < -0.4 is 5.73 Å². The van der Waals surface area contributed by atoms with Crippen molar-refractivity contribution < 1.29 is 0 Å². The molecule has 0 amide bonds. The molecular formula is C10H16ClN3. The Labute approximate surface area is 89.3 Å². The maximum Gasteiger partial charge on any atom is 0.203 e. The zero-order valence-corrected chi connectivity index (χ0v) is 9.38. The Morgan fingerprint density at radius 3 is 3.00 bits per heavy atom. The van der Waals surface area contributed by atoms with Crippen LogP contribution in [0.25, 0.3) is 0 Å². The quantitative estimate of drug-likeness (QED) is 0.776. The van der Waals surface area contributed by atoms with E-state index in [9.17, 15) is 0 Å². The van der Waals surface area contributed by atoms with Gasteiger partial charge in [-0.15, -0.1) is 0 Å². The molecule has 2 heterocycles. The van der Waals surface area contributed by atoms with E-state index >= 15 is 0 Å². The summed E-state index contributed by atoms with van der Waals surface area (Å²) >= 11 is 6.04. The summed E-state index contributed by atoms with van der Waals surface area (Å²) < 4.78 is 2.11. The van der Waals surface area contributed by atoms with Gasteiger partial charge in [-0.3, -0.25) is 0 Å². The van der Waals surface area contributed by atoms with Crippen molar-refractivity contribution in [3.8, 4) is 0 Å². The van der Waals surface area contributed by atoms with Crippen molar-refractivity contribution in [1.82, 2.24) is 9.55 Å². The number of aromatic nitrogens is 2. The molecule has 14 heavy (non-hydrogen) atoms. The summed E-state index contributed by atoms with van der Waals surface area (Å²) in [5, 5.41) is 0.614. The third-order valence-electron chi connectivity index (χ3n) is 3.03. The van der Waals surface area contributed by atoms with Gasteiger partial charge >= 0.3 is 0 Å². The molecular weight excluding hydrogens is 198 g/mol. The van der Waals surface area contributed by atoms with E-state index < -0.39 is 0 Å². The van der Waals surface area contributed by atoms with Crippen LogP contribution in [0.1, 0.15) is 37.1 Å². The van der Waals surface area contributed by atoms with Gasteiger partial charge in [-0.25, -0.2) is 4.98 Å². The number of halogens is 1. The Morgan fingerprint density at radius 1 is 1.64 bits per heavy atom. The number of fused-ring (bicyclic) bond motifs is 1. The van der Waals surface area contributed by atoms with Gasteiger partial charge in [-0.2, -0.15) is 0 Å². The Balaban J connectivity index is 2.48. The number of nitrogens with two attached hydrogens (primary N) is 1. The number of nitrogens with zero attached hydrogens (tertiary/aromatic N) is 2. The van der Waals surface area contributed by atoms with Gasteiger partial charge in [0.25, 0.3) is 0 Å². The first-order chi connectivity index (χ1) is 6.61. The van der Waals surface area contributed by atoms with Gasteiger partial charge in [0.2, 0.25) is 5.28 Å². The van der Waals surface area contributed by atoms with Crippen LogP contribution in [-0.4, -0.2) is 15.6 Å². The van der Waals surface area contributed by atoms with E-state index in [2.05, 4.69) is 16.5 Å². The predicted molar refractivity (Wildman–Crippen MR) is 57.6 cm³/mol. The van der Waals surface area contributed by atoms with Gasteiger partial charge in [0.05, 0.1) is 5.69 Å². The summed E-state index contributed by atoms with van der Waals surface area (Å²) in [6.45, 7) is 5.05. The van der Waals surface area contributed by atoms with Crippen molar-refractivity contribution >= 4 is 11.6 Å². The second-order valence-electron chi connectivity index (χ2n) is 4.11. The molecule has 0 aliphatic carbocycles. The summed E-state index contributed by atoms with van der Waals surface area (Å²) in [6.07, 6.45) is 2.30. The van der Waals surface area contributed by atoms with Gasteiger partial charge < -0.3 is 10.3 Å². The minimum Gasteiger partial charge on any atom is -0.327 e. The molecule has 1 aliphatic rings. The van der Waals surface area contributed by atoms with Gasteiger partial charge in [0.15, 0.2) is 0 Å². The molecule has 2 N–H and O–H groups in total. The average Bonchev–Trinajstić information content (AvgIpc) is 2.43. The van der Waals surface area contributed by atoms with Crippen molar-refractivity contribution in [2.24, 2.45) is 5.73 Å². The van der Waals surface area contributed by atoms with Gasteiger partial charge in [-0.05, 0) is 38.3 Å². The minimum atomic E-state index is 0.181. The van der Waals surface area contributed by atoms with E-state index in [4.69, 9.17) is 17.3 Å². The zero-order chi connectivity index (χ0) is 10.3. The fourth-order valence-electron chi connectivity index (χ4n) is 2.35. The highest BCUT2D eigenvalue weighted by Gasteiger charge is 2.27. The molecule has 0 radical (unpaired) electrons. The summed E-state index contributed by atoms with van der Waals surface area (Å²) in [6, 6.07) is 0.181. The summed E-state index contributed by atoms with van der Waals surface area (Å²) in [4.78, 5) is 4.30. The Morgan fingerprint density at radius 2 is 2.36 bits per heavy atom. The van der Waals surface area contributed by atoms with Crippen LogP contribution in [0.4, 0.5) is 0 Å². The van der Waals surface area contributed by atoms with E-state index in [0.29, 0.717) is 11.2 Å². The SMILES string of the molecule is Cc1nc(Cl)n2c1C(C(C)N)CCC2. The van der Waals surface area contributed by atoms with Crippen LogP contribution >= 0.6 is 11.6 Å². The van der Waals surface area contributed by atoms with E-state index in [0.717, 1.165) is 25.1 Å². The van der Waals surface area contributed by atoms with E-state index in [1.165, 1.54) is 5.69 Å². The van der Waals surface area contributed by atoms with Crippen molar-refractivity contribution in [3.05, 3.63) is 16.7 Å². The van der Waals surface area contributed by atoms with E-state index in [1.807, 2.05) is 6.92 Å². The number of rotatable bonds is 1. The summed E-state index contributed by atoms with van der Waals surface area (Å²) in [5.74, 6) is 0.420. The maximum absolute atomic E-state index is 6.04. The number of imidazole rings is 1. The first-order valence-electron chi connectivity index (χ1n) is 5.09. The van der Waals surface area contributed by atoms with Crippen molar-refractivity contribution in [2.45, 2.75) is 45.2 Å². The molecule has 1 aliphatic heterocycles. The molecule has 4 heteroatoms. The first-order valence-corrected chi connectivity index (χ1v) is 5.47. The average molecular weight is 214 g/mol. The fraction of sp³-hybridized carbons (Fsp3) is 0.700. The molecule has 0 saturated heterocycles. The highest BCUT2D eigenvalue weighted by molar-refractivity contribution is 6.28. The maximum atomic E-state index is 6.04. The number of hydrogen-bond acceptors (Lipinski definition) is 2. The molecule has 0 aromatic carbocycles. The lowest BCUT2D eigenvalue weighted by Gasteiger charge is -2.27. The molecule has 78 valence electrons. The smallest absolute Gasteiger partial charge is 0.203 e. The highest BCUT2D eigenvalue weighted by atomic mass is 35.5. The monoisotopic (exact) mass is 213 g/mol. The van der Waals surface area contributed by atoms with Crippen LogP contribution in [-0.2, 0) is 6.54 Å². The Bertz CT molecular complexity index is 343. The molecule has 0 saturated carbocycles. The third kappa shape index (κ3) is 1.44. The van der Waals surface area contributed by atoms with Crippen LogP contribution in [0.2, 0.25) is 5.28 Å². The van der Waals surface area contributed by atoms with Crippen LogP contribution in [0.5, 0.6) is 0 Å². The van der Waals surface area contributed by atoms with Gasteiger partial charge in [0, 0.05) is 24.2 Å². The standard InChI is InChI=1S/C10H16ClN3/c1-6(12)8-4-3-5-14-9(8)7(2)13-10(14)11/h6,8H,3-5,12H2,1-2H3. The van der Waals surface area contributed by atoms with Gasteiger partial charge in [-0.1, -0.05) is 0 Å². The van der Waals surface area contributed by atoms with E-state index in [-0.39, 0.29) is 6.04 Å². The second-order valence-corrected chi connectivity index (χ2v) is 4.45. The molecule has 1 aromatic rings. The first kappa shape index (κ1) is 9.99. The van der Waals surface area contributed by atoms with E-state index in [1.54, 1.807) is 0 Å². The molecule has 0 spiro atoms. The lowest BCUT2D eigenvalue weighted by atomic mass is 9.89. The molecule has 2 atom stereocenters.